The van der Waals surface area contributed by atoms with Gasteiger partial charge in [0.05, 0.1) is 0 Å². The Kier molecular flexibility index (Phi) is 1.83. The van der Waals surface area contributed by atoms with E-state index in [-0.39, 0.29) is 5.92 Å². The molecule has 0 aliphatic heterocycles. The first kappa shape index (κ1) is 5.75. The van der Waals surface area contributed by atoms with E-state index in [4.69, 9.17) is 5.48 Å². The summed E-state index contributed by atoms with van der Waals surface area (Å²) in [6.07, 6.45) is -0.935. The summed E-state index contributed by atoms with van der Waals surface area (Å²) in [5.74, 6) is -0.794. The first-order valence-corrected chi connectivity index (χ1v) is 5.04. The molecule has 14 heavy (non-hydrogen) atoms. The predicted octanol–water partition coefficient (Wildman–Crippen LogP) is 4.15. The molecule has 0 amide bonds. The summed E-state index contributed by atoms with van der Waals surface area (Å²) in [7, 11) is 0. The van der Waals surface area contributed by atoms with Gasteiger partial charge in [-0.1, -0.05) is 36.4 Å². The molecule has 1 aromatic carbocycles. The summed E-state index contributed by atoms with van der Waals surface area (Å²) in [5.41, 5.74) is 1.02. The Hall–Kier alpha value is -1.04. The highest BCUT2D eigenvalue weighted by atomic mass is 14.2. The van der Waals surface area contributed by atoms with E-state index < -0.39 is 18.7 Å². The van der Waals surface area contributed by atoms with Crippen molar-refractivity contribution in [2.45, 2.75) is 31.5 Å². The van der Waals surface area contributed by atoms with Gasteiger partial charge in [-0.25, -0.2) is 0 Å². The van der Waals surface area contributed by atoms with Crippen LogP contribution in [0.2, 0.25) is 0 Å². The van der Waals surface area contributed by atoms with E-state index in [9.17, 15) is 0 Å². The number of hydrogen-bond acceptors (Lipinski definition) is 0. The molecule has 1 aliphatic rings. The molecule has 0 N–H and O–H groups in total. The zero-order valence-corrected chi connectivity index (χ0v) is 8.24. The van der Waals surface area contributed by atoms with Crippen LogP contribution in [0.3, 0.4) is 0 Å². The Morgan fingerprint density at radius 2 is 1.86 bits per heavy atom. The Morgan fingerprint density at radius 3 is 2.43 bits per heavy atom. The SMILES string of the molecule is [2H]C1([2H])CC(c2ccccc2)CC([2H])([2H])C1C=C. The average molecular weight is 190 g/mol. The summed E-state index contributed by atoms with van der Waals surface area (Å²) in [6, 6.07) is 9.65. The van der Waals surface area contributed by atoms with Crippen LogP contribution in [0.25, 0.3) is 0 Å². The van der Waals surface area contributed by atoms with E-state index in [1.165, 1.54) is 6.08 Å². The van der Waals surface area contributed by atoms with E-state index >= 15 is 0 Å². The summed E-state index contributed by atoms with van der Waals surface area (Å²) in [5, 5.41) is 0. The van der Waals surface area contributed by atoms with Crippen LogP contribution >= 0.6 is 0 Å². The highest BCUT2D eigenvalue weighted by molar-refractivity contribution is 5.20. The van der Waals surface area contributed by atoms with Gasteiger partial charge in [0, 0.05) is 5.48 Å². The van der Waals surface area contributed by atoms with Crippen LogP contribution in [0.15, 0.2) is 43.0 Å². The van der Waals surface area contributed by atoms with Crippen molar-refractivity contribution in [1.82, 2.24) is 0 Å². The Bertz CT molecular complexity index is 407. The molecule has 0 saturated heterocycles. The van der Waals surface area contributed by atoms with Crippen LogP contribution in [0.4, 0.5) is 0 Å². The smallest absolute Gasteiger partial charge is 0.0273 e. The maximum Gasteiger partial charge on any atom is 0.0273 e. The van der Waals surface area contributed by atoms with Gasteiger partial charge in [0.2, 0.25) is 0 Å². The van der Waals surface area contributed by atoms with Crippen molar-refractivity contribution in [3.05, 3.63) is 48.6 Å². The largest absolute Gasteiger partial charge is 0.103 e. The molecule has 0 nitrogen and oxygen atoms in total. The monoisotopic (exact) mass is 190 g/mol. The van der Waals surface area contributed by atoms with Gasteiger partial charge in [0.1, 0.15) is 0 Å². The Labute approximate surface area is 92.3 Å². The predicted molar refractivity (Wildman–Crippen MR) is 61.3 cm³/mol. The molecule has 0 unspecified atom stereocenters. The minimum absolute atomic E-state index is 0.0626. The number of rotatable bonds is 2. The van der Waals surface area contributed by atoms with Crippen molar-refractivity contribution < 1.29 is 5.48 Å². The van der Waals surface area contributed by atoms with Crippen LogP contribution in [0.1, 0.15) is 42.6 Å². The molecule has 1 saturated carbocycles. The van der Waals surface area contributed by atoms with E-state index in [1.54, 1.807) is 0 Å². The molecule has 0 atom stereocenters. The van der Waals surface area contributed by atoms with Crippen molar-refractivity contribution in [3.8, 4) is 0 Å². The fourth-order valence-electron chi connectivity index (χ4n) is 1.81. The number of benzene rings is 1. The van der Waals surface area contributed by atoms with Crippen LogP contribution < -0.4 is 0 Å². The lowest BCUT2D eigenvalue weighted by atomic mass is 9.79. The molecule has 2 rings (SSSR count). The fraction of sp³-hybridized carbons (Fsp3) is 0.429. The van der Waals surface area contributed by atoms with E-state index in [0.29, 0.717) is 12.8 Å². The average Bonchev–Trinajstić information content (AvgIpc) is 2.27. The number of allylic oxidation sites excluding steroid dienone is 1. The molecular weight excluding hydrogens is 168 g/mol. The molecular formula is C14H18. The van der Waals surface area contributed by atoms with Crippen molar-refractivity contribution >= 4 is 0 Å². The van der Waals surface area contributed by atoms with Crippen molar-refractivity contribution in [3.63, 3.8) is 0 Å². The normalized spacial score (nSPS) is 38.6. The zero-order chi connectivity index (χ0) is 13.4. The molecule has 1 fully saturated rings. The van der Waals surface area contributed by atoms with E-state index in [1.807, 2.05) is 30.3 Å². The van der Waals surface area contributed by atoms with E-state index in [0.717, 1.165) is 5.56 Å². The second kappa shape index (κ2) is 4.45. The molecule has 0 bridgehead atoms. The first-order valence-electron chi connectivity index (χ1n) is 7.04. The highest BCUT2D eigenvalue weighted by Gasteiger charge is 2.19. The molecule has 1 aromatic rings. The maximum atomic E-state index is 8.07. The van der Waals surface area contributed by atoms with Gasteiger partial charge in [-0.15, -0.1) is 6.58 Å². The zero-order valence-electron chi connectivity index (χ0n) is 12.2. The minimum Gasteiger partial charge on any atom is -0.103 e. The van der Waals surface area contributed by atoms with Crippen LogP contribution in [0, 0.1) is 5.92 Å². The van der Waals surface area contributed by atoms with Gasteiger partial charge < -0.3 is 0 Å². The van der Waals surface area contributed by atoms with E-state index in [2.05, 4.69) is 6.58 Å². The molecule has 0 heterocycles. The van der Waals surface area contributed by atoms with Gasteiger partial charge in [0.25, 0.3) is 0 Å². The van der Waals surface area contributed by atoms with Crippen molar-refractivity contribution in [2.24, 2.45) is 5.92 Å². The Morgan fingerprint density at radius 1 is 1.21 bits per heavy atom. The molecule has 0 spiro atoms. The van der Waals surface area contributed by atoms with Gasteiger partial charge >= 0.3 is 0 Å². The van der Waals surface area contributed by atoms with Crippen LogP contribution in [-0.4, -0.2) is 0 Å². The van der Waals surface area contributed by atoms with Crippen LogP contribution in [-0.2, 0) is 0 Å². The summed E-state index contributed by atoms with van der Waals surface area (Å²) in [6.45, 7) is 3.59. The minimum atomic E-state index is -1.54. The van der Waals surface area contributed by atoms with Crippen molar-refractivity contribution in [2.75, 3.05) is 0 Å². The summed E-state index contributed by atoms with van der Waals surface area (Å²) < 4.78 is 32.3. The third-order valence-electron chi connectivity index (χ3n) is 2.68. The molecule has 74 valence electrons. The molecule has 1 aliphatic carbocycles. The standard InChI is InChI=1S/C14H18/c1-2-12-8-10-14(11-9-12)13-6-4-3-5-7-13/h2-7,12,14H,1,8-11H2/i8D2,9D2. The van der Waals surface area contributed by atoms with Gasteiger partial charge in [-0.2, -0.15) is 0 Å². The third kappa shape index (κ3) is 2.06. The van der Waals surface area contributed by atoms with Gasteiger partial charge in [-0.05, 0) is 43.0 Å². The highest BCUT2D eigenvalue weighted by Crippen LogP contribution is 2.35. The lowest BCUT2D eigenvalue weighted by Gasteiger charge is -2.26. The molecule has 0 heteroatoms. The summed E-state index contributed by atoms with van der Waals surface area (Å²) >= 11 is 0. The van der Waals surface area contributed by atoms with Gasteiger partial charge in [-0.3, -0.25) is 0 Å². The lowest BCUT2D eigenvalue weighted by molar-refractivity contribution is 0.376. The van der Waals surface area contributed by atoms with Gasteiger partial charge in [0.15, 0.2) is 0 Å². The second-order valence-corrected chi connectivity index (χ2v) is 3.64. The quantitative estimate of drug-likeness (QED) is 0.615. The maximum absolute atomic E-state index is 8.07. The van der Waals surface area contributed by atoms with Crippen LogP contribution in [0.5, 0.6) is 0 Å². The van der Waals surface area contributed by atoms with Crippen molar-refractivity contribution in [1.29, 1.82) is 0 Å². The Balaban J connectivity index is 2.31. The second-order valence-electron chi connectivity index (χ2n) is 3.64. The lowest BCUT2D eigenvalue weighted by Crippen LogP contribution is -2.11. The summed E-state index contributed by atoms with van der Waals surface area (Å²) in [4.78, 5) is 0. The number of hydrogen-bond donors (Lipinski definition) is 0. The third-order valence-corrected chi connectivity index (χ3v) is 2.68. The molecule has 0 radical (unpaired) electrons. The first-order chi connectivity index (χ1) is 8.37. The molecule has 0 aromatic heterocycles. The fourth-order valence-corrected chi connectivity index (χ4v) is 1.81. The topological polar surface area (TPSA) is 0 Å².